The maximum atomic E-state index is 13.3. The molecule has 1 aliphatic carbocycles. The zero-order valence-corrected chi connectivity index (χ0v) is 15.9. The lowest BCUT2D eigenvalue weighted by Crippen LogP contribution is -2.21. The predicted octanol–water partition coefficient (Wildman–Crippen LogP) is 3.99. The number of benzene rings is 1. The van der Waals surface area contributed by atoms with E-state index >= 15 is 0 Å². The third kappa shape index (κ3) is 3.10. The van der Waals surface area contributed by atoms with Crippen LogP contribution < -0.4 is 5.56 Å². The molecule has 2 heterocycles. The lowest BCUT2D eigenvalue weighted by molar-refractivity contribution is 0.102. The maximum absolute atomic E-state index is 13.3. The first-order valence-corrected chi connectivity index (χ1v) is 10.3. The summed E-state index contributed by atoms with van der Waals surface area (Å²) in [5.41, 5.74) is 1.45. The Kier molecular flexibility index (Phi) is 4.67. The summed E-state index contributed by atoms with van der Waals surface area (Å²) < 4.78 is 14.8. The van der Waals surface area contributed by atoms with Crippen LogP contribution in [0.2, 0.25) is 0 Å². The highest BCUT2D eigenvalue weighted by molar-refractivity contribution is 7.99. The van der Waals surface area contributed by atoms with Crippen molar-refractivity contribution < 1.29 is 9.18 Å². The van der Waals surface area contributed by atoms with Gasteiger partial charge in [0.2, 0.25) is 0 Å². The first kappa shape index (κ1) is 17.4. The molecule has 1 aliphatic rings. The number of thioether (sulfide) groups is 1. The van der Waals surface area contributed by atoms with Crippen LogP contribution in [0.15, 0.2) is 34.2 Å². The molecule has 0 atom stereocenters. The molecule has 0 bridgehead atoms. The smallest absolute Gasteiger partial charge is 0.262 e. The number of carbonyl (C=O) groups is 1. The average Bonchev–Trinajstić information content (AvgIpc) is 3.01. The van der Waals surface area contributed by atoms with Crippen molar-refractivity contribution in [2.45, 2.75) is 30.8 Å². The Hall–Kier alpha value is -1.99. The summed E-state index contributed by atoms with van der Waals surface area (Å²) in [6.07, 6.45) is 4.22. The Morgan fingerprint density at radius 1 is 1.35 bits per heavy atom. The molecule has 3 aromatic rings. The lowest BCUT2D eigenvalue weighted by Gasteiger charge is -2.10. The first-order valence-electron chi connectivity index (χ1n) is 8.47. The van der Waals surface area contributed by atoms with Gasteiger partial charge >= 0.3 is 0 Å². The highest BCUT2D eigenvalue weighted by Gasteiger charge is 2.21. The Morgan fingerprint density at radius 2 is 2.15 bits per heavy atom. The van der Waals surface area contributed by atoms with Crippen LogP contribution in [0.1, 0.15) is 33.6 Å². The number of nitrogens with zero attached hydrogens (tertiary/aromatic N) is 2. The van der Waals surface area contributed by atoms with Crippen molar-refractivity contribution >= 4 is 39.1 Å². The van der Waals surface area contributed by atoms with E-state index in [1.165, 1.54) is 39.4 Å². The van der Waals surface area contributed by atoms with Gasteiger partial charge in [-0.3, -0.25) is 14.2 Å². The molecule has 7 heteroatoms. The molecule has 134 valence electrons. The monoisotopic (exact) mass is 388 g/mol. The van der Waals surface area contributed by atoms with Crippen molar-refractivity contribution in [2.75, 3.05) is 5.75 Å². The normalized spacial score (nSPS) is 13.8. The number of aryl methyl sites for hydroxylation is 2. The number of Topliss-reactive ketones (excluding diaryl/α,β-unsaturated/α-hetero) is 1. The van der Waals surface area contributed by atoms with Crippen LogP contribution in [0, 0.1) is 5.82 Å². The van der Waals surface area contributed by atoms with Gasteiger partial charge < -0.3 is 0 Å². The highest BCUT2D eigenvalue weighted by atomic mass is 32.2. The Morgan fingerprint density at radius 3 is 2.96 bits per heavy atom. The van der Waals surface area contributed by atoms with Crippen LogP contribution in [-0.4, -0.2) is 21.1 Å². The molecule has 1 aromatic carbocycles. The summed E-state index contributed by atoms with van der Waals surface area (Å²) in [6.45, 7) is 0. The fraction of sp³-hybridized carbons (Fsp3) is 0.316. The fourth-order valence-electron chi connectivity index (χ4n) is 3.27. The largest absolute Gasteiger partial charge is 0.293 e. The molecule has 0 amide bonds. The van der Waals surface area contributed by atoms with Crippen LogP contribution in [0.3, 0.4) is 0 Å². The molecule has 0 fully saturated rings. The van der Waals surface area contributed by atoms with Crippen molar-refractivity contribution in [1.29, 1.82) is 0 Å². The van der Waals surface area contributed by atoms with E-state index in [1.807, 2.05) is 0 Å². The van der Waals surface area contributed by atoms with Gasteiger partial charge in [0.05, 0.1) is 11.1 Å². The van der Waals surface area contributed by atoms with Crippen LogP contribution in [-0.2, 0) is 19.9 Å². The number of hydrogen-bond donors (Lipinski definition) is 0. The summed E-state index contributed by atoms with van der Waals surface area (Å²) >= 11 is 2.81. The second kappa shape index (κ2) is 6.96. The predicted molar refractivity (Wildman–Crippen MR) is 103 cm³/mol. The molecule has 0 radical (unpaired) electrons. The highest BCUT2D eigenvalue weighted by Crippen LogP contribution is 2.34. The SMILES string of the molecule is Cn1c(SCC(=O)c2cccc(F)c2)nc2sc3c(c2c1=O)CCCC3. The minimum Gasteiger partial charge on any atom is -0.293 e. The molecule has 2 aromatic heterocycles. The van der Waals surface area contributed by atoms with E-state index in [9.17, 15) is 14.0 Å². The molecular weight excluding hydrogens is 371 g/mol. The number of halogens is 1. The van der Waals surface area contributed by atoms with E-state index in [-0.39, 0.29) is 17.1 Å². The first-order chi connectivity index (χ1) is 12.5. The summed E-state index contributed by atoms with van der Waals surface area (Å²) in [5.74, 6) is -0.508. The quantitative estimate of drug-likeness (QED) is 0.385. The van der Waals surface area contributed by atoms with Crippen molar-refractivity contribution in [3.05, 3.63) is 56.4 Å². The topological polar surface area (TPSA) is 52.0 Å². The Bertz CT molecular complexity index is 1070. The van der Waals surface area contributed by atoms with Gasteiger partial charge in [-0.2, -0.15) is 0 Å². The zero-order valence-electron chi connectivity index (χ0n) is 14.3. The number of aromatic nitrogens is 2. The number of ketones is 1. The molecule has 4 nitrogen and oxygen atoms in total. The van der Waals surface area contributed by atoms with Crippen molar-refractivity contribution in [2.24, 2.45) is 7.05 Å². The standard InChI is InChI=1S/C19H17FN2O2S2/c1-22-18(24)16-13-7-2-3-8-15(13)26-17(16)21-19(22)25-10-14(23)11-5-4-6-12(20)9-11/h4-6,9H,2-3,7-8,10H2,1H3. The molecule has 0 aliphatic heterocycles. The van der Waals surface area contributed by atoms with Crippen LogP contribution in [0.5, 0.6) is 0 Å². The van der Waals surface area contributed by atoms with Crippen molar-refractivity contribution in [1.82, 2.24) is 9.55 Å². The van der Waals surface area contributed by atoms with E-state index in [0.29, 0.717) is 10.7 Å². The third-order valence-corrected chi connectivity index (χ3v) is 6.85. The van der Waals surface area contributed by atoms with Gasteiger partial charge in [-0.25, -0.2) is 9.37 Å². The average molecular weight is 388 g/mol. The van der Waals surface area contributed by atoms with Gasteiger partial charge in [-0.15, -0.1) is 11.3 Å². The molecular formula is C19H17FN2O2S2. The van der Waals surface area contributed by atoms with E-state index in [0.717, 1.165) is 41.5 Å². The molecule has 0 spiro atoms. The van der Waals surface area contributed by atoms with Crippen molar-refractivity contribution in [3.63, 3.8) is 0 Å². The molecule has 0 unspecified atom stereocenters. The van der Waals surface area contributed by atoms with E-state index in [2.05, 4.69) is 4.98 Å². The van der Waals surface area contributed by atoms with Gasteiger partial charge in [0.1, 0.15) is 10.6 Å². The molecule has 0 saturated carbocycles. The fourth-order valence-corrected chi connectivity index (χ4v) is 5.44. The summed E-state index contributed by atoms with van der Waals surface area (Å²) in [7, 11) is 1.69. The molecule has 0 N–H and O–H groups in total. The van der Waals surface area contributed by atoms with Crippen LogP contribution in [0.4, 0.5) is 4.39 Å². The van der Waals surface area contributed by atoms with Gasteiger partial charge in [0.15, 0.2) is 10.9 Å². The van der Waals surface area contributed by atoms with Gasteiger partial charge in [0, 0.05) is 17.5 Å². The molecule has 0 saturated heterocycles. The van der Waals surface area contributed by atoms with Gasteiger partial charge in [-0.05, 0) is 43.4 Å². The second-order valence-corrected chi connectivity index (χ2v) is 8.40. The minimum absolute atomic E-state index is 0.0462. The zero-order chi connectivity index (χ0) is 18.3. The maximum Gasteiger partial charge on any atom is 0.262 e. The lowest BCUT2D eigenvalue weighted by atomic mass is 9.97. The van der Waals surface area contributed by atoms with E-state index in [1.54, 1.807) is 24.5 Å². The number of carbonyl (C=O) groups excluding carboxylic acids is 1. The Labute approximate surface area is 158 Å². The van der Waals surface area contributed by atoms with Gasteiger partial charge in [-0.1, -0.05) is 23.9 Å². The van der Waals surface area contributed by atoms with Gasteiger partial charge in [0.25, 0.3) is 5.56 Å². The number of hydrogen-bond acceptors (Lipinski definition) is 5. The number of rotatable bonds is 4. The summed E-state index contributed by atoms with van der Waals surface area (Å²) in [5, 5.41) is 1.26. The van der Waals surface area contributed by atoms with Crippen LogP contribution >= 0.6 is 23.1 Å². The number of fused-ring (bicyclic) bond motifs is 3. The molecule has 26 heavy (non-hydrogen) atoms. The Balaban J connectivity index is 1.64. The van der Waals surface area contributed by atoms with Crippen LogP contribution in [0.25, 0.3) is 10.2 Å². The van der Waals surface area contributed by atoms with E-state index < -0.39 is 5.82 Å². The summed E-state index contributed by atoms with van der Waals surface area (Å²) in [6, 6.07) is 5.64. The van der Waals surface area contributed by atoms with Crippen molar-refractivity contribution in [3.8, 4) is 0 Å². The minimum atomic E-state index is -0.433. The van der Waals surface area contributed by atoms with E-state index in [4.69, 9.17) is 0 Å². The third-order valence-electron chi connectivity index (χ3n) is 4.63. The molecule has 4 rings (SSSR count). The summed E-state index contributed by atoms with van der Waals surface area (Å²) in [4.78, 5) is 31.8. The second-order valence-electron chi connectivity index (χ2n) is 6.37. The number of thiophene rings is 1.